The second kappa shape index (κ2) is 9.15. The van der Waals surface area contributed by atoms with Crippen LogP contribution >= 0.6 is 0 Å². The summed E-state index contributed by atoms with van der Waals surface area (Å²) in [6.07, 6.45) is 4.89. The van der Waals surface area contributed by atoms with E-state index in [9.17, 15) is 4.79 Å². The van der Waals surface area contributed by atoms with Crippen LogP contribution in [-0.4, -0.2) is 46.0 Å². The van der Waals surface area contributed by atoms with Gasteiger partial charge in [0.15, 0.2) is 5.96 Å². The van der Waals surface area contributed by atoms with Crippen LogP contribution in [0, 0.1) is 0 Å². The Labute approximate surface area is 171 Å². The van der Waals surface area contributed by atoms with E-state index in [1.165, 1.54) is 5.56 Å². The molecule has 8 heteroatoms. The molecule has 2 N–H and O–H groups in total. The summed E-state index contributed by atoms with van der Waals surface area (Å²) in [5.74, 6) is 2.68. The van der Waals surface area contributed by atoms with Gasteiger partial charge in [-0.15, -0.1) is 0 Å². The van der Waals surface area contributed by atoms with Crippen LogP contribution in [0.1, 0.15) is 37.6 Å². The highest BCUT2D eigenvalue weighted by Gasteiger charge is 2.22. The fourth-order valence-corrected chi connectivity index (χ4v) is 3.92. The zero-order valence-electron chi connectivity index (χ0n) is 17.1. The minimum absolute atomic E-state index is 0.0261. The van der Waals surface area contributed by atoms with Crippen molar-refractivity contribution in [2.75, 3.05) is 19.6 Å². The molecule has 29 heavy (non-hydrogen) atoms. The Morgan fingerprint density at radius 1 is 1.31 bits per heavy atom. The maximum atomic E-state index is 12.4. The van der Waals surface area contributed by atoms with E-state index in [0.29, 0.717) is 13.1 Å². The Morgan fingerprint density at radius 3 is 3.03 bits per heavy atom. The van der Waals surface area contributed by atoms with Crippen molar-refractivity contribution in [2.24, 2.45) is 4.99 Å². The van der Waals surface area contributed by atoms with Crippen molar-refractivity contribution < 1.29 is 4.74 Å². The molecule has 1 unspecified atom stereocenters. The van der Waals surface area contributed by atoms with Crippen molar-refractivity contribution in [3.63, 3.8) is 0 Å². The average molecular weight is 399 g/mol. The summed E-state index contributed by atoms with van der Waals surface area (Å²) in [7, 11) is 0. The third-order valence-electron chi connectivity index (χ3n) is 5.38. The summed E-state index contributed by atoms with van der Waals surface area (Å²) in [6.45, 7) is 5.60. The molecule has 2 aliphatic heterocycles. The fourth-order valence-electron chi connectivity index (χ4n) is 3.92. The van der Waals surface area contributed by atoms with E-state index in [1.54, 1.807) is 4.68 Å². The molecule has 0 saturated heterocycles. The van der Waals surface area contributed by atoms with Crippen molar-refractivity contribution in [1.29, 1.82) is 0 Å². The Bertz CT molecular complexity index is 891. The minimum atomic E-state index is 0.0261. The van der Waals surface area contributed by atoms with Gasteiger partial charge >= 0.3 is 5.69 Å². The highest BCUT2D eigenvalue weighted by atomic mass is 16.5. The van der Waals surface area contributed by atoms with Gasteiger partial charge < -0.3 is 15.4 Å². The largest absolute Gasteiger partial charge is 0.488 e. The summed E-state index contributed by atoms with van der Waals surface area (Å²) in [4.78, 5) is 17.1. The molecule has 0 fully saturated rings. The van der Waals surface area contributed by atoms with Crippen LogP contribution in [0.4, 0.5) is 0 Å². The molecule has 2 aliphatic rings. The van der Waals surface area contributed by atoms with E-state index in [4.69, 9.17) is 4.74 Å². The molecule has 1 atom stereocenters. The van der Waals surface area contributed by atoms with Gasteiger partial charge in [-0.05, 0) is 37.8 Å². The van der Waals surface area contributed by atoms with Crippen molar-refractivity contribution in [2.45, 2.75) is 58.2 Å². The lowest BCUT2D eigenvalue weighted by Gasteiger charge is -2.13. The molecule has 0 saturated carbocycles. The maximum absolute atomic E-state index is 12.4. The second-order valence-corrected chi connectivity index (χ2v) is 7.58. The van der Waals surface area contributed by atoms with E-state index in [0.717, 1.165) is 69.3 Å². The van der Waals surface area contributed by atoms with Crippen LogP contribution < -0.4 is 21.1 Å². The molecule has 0 spiro atoms. The van der Waals surface area contributed by atoms with Gasteiger partial charge in [-0.3, -0.25) is 4.57 Å². The first-order chi connectivity index (χ1) is 14.2. The van der Waals surface area contributed by atoms with Crippen LogP contribution in [-0.2, 0) is 25.9 Å². The summed E-state index contributed by atoms with van der Waals surface area (Å²) in [5.41, 5.74) is 1.28. The molecule has 2 aromatic rings. The van der Waals surface area contributed by atoms with Crippen LogP contribution in [0.5, 0.6) is 5.75 Å². The van der Waals surface area contributed by atoms with Crippen LogP contribution in [0.3, 0.4) is 0 Å². The average Bonchev–Trinajstić information content (AvgIpc) is 3.30. The molecule has 156 valence electrons. The van der Waals surface area contributed by atoms with Crippen molar-refractivity contribution in [3.05, 3.63) is 46.1 Å². The zero-order chi connectivity index (χ0) is 20.1. The van der Waals surface area contributed by atoms with Crippen molar-refractivity contribution in [1.82, 2.24) is 25.0 Å². The molecule has 8 nitrogen and oxygen atoms in total. The number of para-hydroxylation sites is 1. The summed E-state index contributed by atoms with van der Waals surface area (Å²) < 4.78 is 9.39. The lowest BCUT2D eigenvalue weighted by molar-refractivity contribution is 0.241. The number of fused-ring (bicyclic) bond motifs is 2. The molecule has 0 radical (unpaired) electrons. The number of aryl methyl sites for hydroxylation is 2. The number of rotatable bonds is 7. The summed E-state index contributed by atoms with van der Waals surface area (Å²) >= 11 is 0. The fraction of sp³-hybridized carbons (Fsp3) is 0.571. The number of hydrogen-bond donors (Lipinski definition) is 2. The van der Waals surface area contributed by atoms with Gasteiger partial charge in [0.1, 0.15) is 17.7 Å². The standard InChI is InChI=1S/C21H30N6O2/c1-2-22-20(24-15-17-14-16-8-3-4-9-18(16)29-17)23-11-7-13-27-21(28)26-12-6-5-10-19(26)25-27/h3-4,8-9,17H,2,5-7,10-15H2,1H3,(H2,22,23,24). The van der Waals surface area contributed by atoms with Gasteiger partial charge in [-0.2, -0.15) is 5.10 Å². The predicted octanol–water partition coefficient (Wildman–Crippen LogP) is 1.33. The Balaban J connectivity index is 1.25. The lowest BCUT2D eigenvalue weighted by Crippen LogP contribution is -2.39. The third-order valence-corrected chi connectivity index (χ3v) is 5.38. The molecule has 0 amide bonds. The quantitative estimate of drug-likeness (QED) is 0.418. The van der Waals surface area contributed by atoms with Gasteiger partial charge in [0.2, 0.25) is 0 Å². The maximum Gasteiger partial charge on any atom is 0.345 e. The first-order valence-electron chi connectivity index (χ1n) is 10.7. The topological polar surface area (TPSA) is 85.5 Å². The third kappa shape index (κ3) is 4.63. The van der Waals surface area contributed by atoms with Crippen LogP contribution in [0.15, 0.2) is 34.1 Å². The molecule has 1 aromatic heterocycles. The smallest absolute Gasteiger partial charge is 0.345 e. The van der Waals surface area contributed by atoms with E-state index >= 15 is 0 Å². The second-order valence-electron chi connectivity index (χ2n) is 7.58. The molecule has 0 bridgehead atoms. The molecule has 0 aliphatic carbocycles. The predicted molar refractivity (Wildman–Crippen MR) is 113 cm³/mol. The number of guanidine groups is 1. The highest BCUT2D eigenvalue weighted by molar-refractivity contribution is 5.79. The summed E-state index contributed by atoms with van der Waals surface area (Å²) in [6, 6.07) is 8.16. The number of hydrogen-bond acceptors (Lipinski definition) is 4. The number of aromatic nitrogens is 3. The lowest BCUT2D eigenvalue weighted by atomic mass is 10.1. The van der Waals surface area contributed by atoms with Gasteiger partial charge in [0.25, 0.3) is 0 Å². The number of nitrogens with zero attached hydrogens (tertiary/aromatic N) is 4. The number of benzene rings is 1. The first-order valence-corrected chi connectivity index (χ1v) is 10.7. The van der Waals surface area contributed by atoms with Crippen LogP contribution in [0.2, 0.25) is 0 Å². The number of nitrogens with one attached hydrogen (secondary N) is 2. The van der Waals surface area contributed by atoms with E-state index in [2.05, 4.69) is 26.8 Å². The van der Waals surface area contributed by atoms with Gasteiger partial charge in [-0.1, -0.05) is 18.2 Å². The monoisotopic (exact) mass is 398 g/mol. The van der Waals surface area contributed by atoms with Gasteiger partial charge in [-0.25, -0.2) is 14.5 Å². The van der Waals surface area contributed by atoms with Crippen LogP contribution in [0.25, 0.3) is 0 Å². The van der Waals surface area contributed by atoms with E-state index in [-0.39, 0.29) is 11.8 Å². The SMILES string of the molecule is CCNC(=NCC1Cc2ccccc2O1)NCCCn1nc2n(c1=O)CCCC2. The first kappa shape index (κ1) is 19.5. The Hall–Kier alpha value is -2.77. The Kier molecular flexibility index (Phi) is 6.17. The Morgan fingerprint density at radius 2 is 2.21 bits per heavy atom. The van der Waals surface area contributed by atoms with Crippen molar-refractivity contribution >= 4 is 5.96 Å². The minimum Gasteiger partial charge on any atom is -0.488 e. The highest BCUT2D eigenvalue weighted by Crippen LogP contribution is 2.28. The number of aliphatic imine (C=N–C) groups is 1. The van der Waals surface area contributed by atoms with E-state index in [1.807, 2.05) is 29.7 Å². The summed E-state index contributed by atoms with van der Waals surface area (Å²) in [5, 5.41) is 11.1. The molecule has 3 heterocycles. The molecule has 4 rings (SSSR count). The van der Waals surface area contributed by atoms with Crippen molar-refractivity contribution in [3.8, 4) is 5.75 Å². The molecular formula is C21H30N6O2. The normalized spacial score (nSPS) is 18.1. The number of ether oxygens (including phenoxy) is 1. The van der Waals surface area contributed by atoms with Gasteiger partial charge in [0.05, 0.1) is 6.54 Å². The van der Waals surface area contributed by atoms with E-state index < -0.39 is 0 Å². The zero-order valence-corrected chi connectivity index (χ0v) is 17.1. The molecular weight excluding hydrogens is 368 g/mol. The van der Waals surface area contributed by atoms with Gasteiger partial charge in [0, 0.05) is 39.0 Å². The molecule has 1 aromatic carbocycles.